The summed E-state index contributed by atoms with van der Waals surface area (Å²) in [7, 11) is 0. The van der Waals surface area contributed by atoms with E-state index in [0.29, 0.717) is 17.5 Å². The maximum Gasteiger partial charge on any atom is 0.244 e. The van der Waals surface area contributed by atoms with Crippen LogP contribution in [0.1, 0.15) is 28.9 Å². The SMILES string of the molecule is Cc1ccoc1-c1noc(C2Cc3nc[nH]c3CN2)n1. The summed E-state index contributed by atoms with van der Waals surface area (Å²) in [6, 6.07) is 1.86. The molecule has 2 N–H and O–H groups in total. The zero-order valence-electron chi connectivity index (χ0n) is 10.9. The zero-order chi connectivity index (χ0) is 13.5. The fourth-order valence-electron chi connectivity index (χ4n) is 2.41. The van der Waals surface area contributed by atoms with Crippen molar-refractivity contribution in [1.29, 1.82) is 0 Å². The molecule has 7 nitrogen and oxygen atoms in total. The summed E-state index contributed by atoms with van der Waals surface area (Å²) in [6.45, 7) is 2.67. The van der Waals surface area contributed by atoms with Crippen LogP contribution in [-0.2, 0) is 13.0 Å². The standard InChI is InChI=1S/C13H13N5O2/c1-7-2-3-19-11(7)12-17-13(20-18-12)9-4-8-10(5-14-9)16-6-15-8/h2-3,6,9,14H,4-5H2,1H3,(H,15,16). The van der Waals surface area contributed by atoms with Gasteiger partial charge in [0.1, 0.15) is 0 Å². The molecule has 3 aromatic heterocycles. The van der Waals surface area contributed by atoms with E-state index >= 15 is 0 Å². The van der Waals surface area contributed by atoms with E-state index in [1.807, 2.05) is 13.0 Å². The van der Waals surface area contributed by atoms with Gasteiger partial charge in [0, 0.05) is 13.0 Å². The molecule has 0 fully saturated rings. The number of nitrogens with one attached hydrogen (secondary N) is 2. The maximum absolute atomic E-state index is 5.37. The van der Waals surface area contributed by atoms with Gasteiger partial charge in [-0.25, -0.2) is 4.98 Å². The lowest BCUT2D eigenvalue weighted by molar-refractivity contribution is 0.319. The lowest BCUT2D eigenvalue weighted by Crippen LogP contribution is -2.28. The van der Waals surface area contributed by atoms with Gasteiger partial charge in [-0.05, 0) is 18.6 Å². The van der Waals surface area contributed by atoms with E-state index in [-0.39, 0.29) is 6.04 Å². The zero-order valence-corrected chi connectivity index (χ0v) is 10.9. The number of aryl methyl sites for hydroxylation is 1. The summed E-state index contributed by atoms with van der Waals surface area (Å²) < 4.78 is 10.7. The molecule has 0 radical (unpaired) electrons. The van der Waals surface area contributed by atoms with Gasteiger partial charge in [-0.1, -0.05) is 5.16 Å². The summed E-state index contributed by atoms with van der Waals surface area (Å²) in [5.74, 6) is 1.69. The van der Waals surface area contributed by atoms with Gasteiger partial charge in [-0.3, -0.25) is 5.32 Å². The summed E-state index contributed by atoms with van der Waals surface area (Å²) in [4.78, 5) is 11.8. The van der Waals surface area contributed by atoms with Crippen molar-refractivity contribution in [3.8, 4) is 11.6 Å². The molecule has 0 saturated carbocycles. The first-order valence-corrected chi connectivity index (χ1v) is 6.44. The number of nitrogens with zero attached hydrogens (tertiary/aromatic N) is 3. The quantitative estimate of drug-likeness (QED) is 0.737. The fourth-order valence-corrected chi connectivity index (χ4v) is 2.41. The highest BCUT2D eigenvalue weighted by atomic mass is 16.5. The highest BCUT2D eigenvalue weighted by Crippen LogP contribution is 2.26. The smallest absolute Gasteiger partial charge is 0.244 e. The average molecular weight is 271 g/mol. The van der Waals surface area contributed by atoms with Crippen LogP contribution in [-0.4, -0.2) is 20.1 Å². The first-order chi connectivity index (χ1) is 9.81. The number of aromatic amines is 1. The van der Waals surface area contributed by atoms with Crippen molar-refractivity contribution in [1.82, 2.24) is 25.4 Å². The second-order valence-corrected chi connectivity index (χ2v) is 4.85. The first-order valence-electron chi connectivity index (χ1n) is 6.44. The largest absolute Gasteiger partial charge is 0.461 e. The predicted octanol–water partition coefficient (Wildman–Crippen LogP) is 1.75. The molecule has 0 amide bonds. The number of furan rings is 1. The maximum atomic E-state index is 5.37. The Labute approximate surface area is 114 Å². The number of aromatic nitrogens is 4. The van der Waals surface area contributed by atoms with Crippen molar-refractivity contribution < 1.29 is 8.94 Å². The van der Waals surface area contributed by atoms with Crippen LogP contribution in [0.4, 0.5) is 0 Å². The van der Waals surface area contributed by atoms with E-state index in [2.05, 4.69) is 25.4 Å². The van der Waals surface area contributed by atoms with Gasteiger partial charge < -0.3 is 13.9 Å². The molecule has 0 bridgehead atoms. The molecule has 3 aromatic rings. The Hall–Kier alpha value is -2.41. The minimum absolute atomic E-state index is 0.0117. The molecular weight excluding hydrogens is 258 g/mol. The van der Waals surface area contributed by atoms with Gasteiger partial charge in [0.15, 0.2) is 5.76 Å². The molecule has 4 heterocycles. The van der Waals surface area contributed by atoms with Crippen LogP contribution in [0.25, 0.3) is 11.6 Å². The molecule has 0 saturated heterocycles. The molecule has 4 rings (SSSR count). The molecule has 102 valence electrons. The van der Waals surface area contributed by atoms with Gasteiger partial charge in [0.05, 0.1) is 30.0 Å². The minimum atomic E-state index is -0.0117. The lowest BCUT2D eigenvalue weighted by atomic mass is 10.1. The molecule has 1 atom stereocenters. The summed E-state index contributed by atoms with van der Waals surface area (Å²) in [5.41, 5.74) is 3.15. The van der Waals surface area contributed by atoms with E-state index in [4.69, 9.17) is 8.94 Å². The van der Waals surface area contributed by atoms with E-state index < -0.39 is 0 Å². The van der Waals surface area contributed by atoms with Crippen molar-refractivity contribution in [3.05, 3.63) is 41.5 Å². The van der Waals surface area contributed by atoms with E-state index in [0.717, 1.165) is 29.9 Å². The van der Waals surface area contributed by atoms with Crippen molar-refractivity contribution in [2.45, 2.75) is 25.9 Å². The van der Waals surface area contributed by atoms with Crippen LogP contribution >= 0.6 is 0 Å². The number of H-pyrrole nitrogens is 1. The lowest BCUT2D eigenvalue weighted by Gasteiger charge is -2.19. The van der Waals surface area contributed by atoms with Gasteiger partial charge in [0.25, 0.3) is 0 Å². The van der Waals surface area contributed by atoms with Crippen molar-refractivity contribution in [2.75, 3.05) is 0 Å². The van der Waals surface area contributed by atoms with Crippen molar-refractivity contribution in [2.24, 2.45) is 0 Å². The van der Waals surface area contributed by atoms with Gasteiger partial charge in [0.2, 0.25) is 11.7 Å². The van der Waals surface area contributed by atoms with E-state index in [9.17, 15) is 0 Å². The Morgan fingerprint density at radius 3 is 3.20 bits per heavy atom. The number of rotatable bonds is 2. The summed E-state index contributed by atoms with van der Waals surface area (Å²) >= 11 is 0. The average Bonchev–Trinajstić information content (AvgIpc) is 3.17. The third-order valence-corrected chi connectivity index (χ3v) is 3.54. The molecule has 20 heavy (non-hydrogen) atoms. The van der Waals surface area contributed by atoms with Crippen molar-refractivity contribution in [3.63, 3.8) is 0 Å². The molecule has 1 unspecified atom stereocenters. The molecule has 0 spiro atoms. The predicted molar refractivity (Wildman–Crippen MR) is 68.6 cm³/mol. The van der Waals surface area contributed by atoms with Gasteiger partial charge in [-0.15, -0.1) is 0 Å². The highest BCUT2D eigenvalue weighted by molar-refractivity contribution is 5.51. The fraction of sp³-hybridized carbons (Fsp3) is 0.308. The summed E-state index contributed by atoms with van der Waals surface area (Å²) in [6.07, 6.45) is 4.06. The molecular formula is C13H13N5O2. The Kier molecular flexibility index (Phi) is 2.46. The van der Waals surface area contributed by atoms with Crippen LogP contribution in [0.3, 0.4) is 0 Å². The molecule has 0 aliphatic carbocycles. The first kappa shape index (κ1) is 11.4. The monoisotopic (exact) mass is 271 g/mol. The van der Waals surface area contributed by atoms with Crippen molar-refractivity contribution >= 4 is 0 Å². The third-order valence-electron chi connectivity index (χ3n) is 3.54. The number of hydrogen-bond donors (Lipinski definition) is 2. The number of hydrogen-bond acceptors (Lipinski definition) is 6. The van der Waals surface area contributed by atoms with Crippen LogP contribution in [0.15, 0.2) is 27.6 Å². The van der Waals surface area contributed by atoms with E-state index in [1.54, 1.807) is 12.6 Å². The molecule has 0 aromatic carbocycles. The molecule has 1 aliphatic rings. The molecule has 7 heteroatoms. The van der Waals surface area contributed by atoms with Crippen LogP contribution < -0.4 is 5.32 Å². The van der Waals surface area contributed by atoms with E-state index in [1.165, 1.54) is 0 Å². The Balaban J connectivity index is 1.62. The van der Waals surface area contributed by atoms with Crippen LogP contribution in [0.2, 0.25) is 0 Å². The number of imidazole rings is 1. The summed E-state index contributed by atoms with van der Waals surface area (Å²) in [5, 5.41) is 7.34. The van der Waals surface area contributed by atoms with Crippen LogP contribution in [0, 0.1) is 6.92 Å². The Bertz CT molecular complexity index is 741. The third kappa shape index (κ3) is 1.75. The Morgan fingerprint density at radius 2 is 2.35 bits per heavy atom. The molecule has 1 aliphatic heterocycles. The topological polar surface area (TPSA) is 92.8 Å². The van der Waals surface area contributed by atoms with Crippen LogP contribution in [0.5, 0.6) is 0 Å². The second kappa shape index (κ2) is 4.31. The Morgan fingerprint density at radius 1 is 1.40 bits per heavy atom. The van der Waals surface area contributed by atoms with Gasteiger partial charge >= 0.3 is 0 Å². The highest BCUT2D eigenvalue weighted by Gasteiger charge is 2.26. The number of fused-ring (bicyclic) bond motifs is 1. The van der Waals surface area contributed by atoms with Gasteiger partial charge in [-0.2, -0.15) is 4.98 Å². The second-order valence-electron chi connectivity index (χ2n) is 4.85. The normalized spacial score (nSPS) is 18.1. The minimum Gasteiger partial charge on any atom is -0.461 e.